The number of piperidine rings is 1. The fraction of sp³-hybridized carbons (Fsp3) is 0.586. The monoisotopic (exact) mass is 554 g/mol. The molecular formula is C29H38N4O7. The lowest BCUT2D eigenvalue weighted by Gasteiger charge is -2.30. The molecule has 1 aliphatic carbocycles. The average molecular weight is 555 g/mol. The van der Waals surface area contributed by atoms with E-state index in [1.807, 2.05) is 26.8 Å². The molecule has 1 saturated carbocycles. The molecule has 11 nitrogen and oxygen atoms in total. The van der Waals surface area contributed by atoms with E-state index in [0.29, 0.717) is 30.7 Å². The number of rotatable bonds is 7. The Morgan fingerprint density at radius 3 is 2.52 bits per heavy atom. The van der Waals surface area contributed by atoms with Crippen LogP contribution >= 0.6 is 0 Å². The molecule has 2 aliphatic rings. The molecule has 40 heavy (non-hydrogen) atoms. The predicted molar refractivity (Wildman–Crippen MR) is 148 cm³/mol. The van der Waals surface area contributed by atoms with E-state index in [1.165, 1.54) is 9.13 Å². The Hall–Kier alpha value is -3.62. The normalized spacial score (nSPS) is 21.4. The van der Waals surface area contributed by atoms with Crippen molar-refractivity contribution in [3.63, 3.8) is 0 Å². The molecule has 1 aromatic carbocycles. The molecule has 2 aromatic rings. The van der Waals surface area contributed by atoms with Gasteiger partial charge in [0.1, 0.15) is 18.2 Å². The molecule has 2 heterocycles. The van der Waals surface area contributed by atoms with Gasteiger partial charge in [0, 0.05) is 25.1 Å². The van der Waals surface area contributed by atoms with Crippen LogP contribution in [-0.4, -0.2) is 64.6 Å². The molecule has 4 rings (SSSR count). The average Bonchev–Trinajstić information content (AvgIpc) is 3.13. The van der Waals surface area contributed by atoms with Crippen molar-refractivity contribution >= 4 is 28.9 Å². The van der Waals surface area contributed by atoms with Gasteiger partial charge in [-0.15, -0.1) is 0 Å². The molecule has 3 amide bonds. The molecule has 1 atom stereocenters. The second-order valence-corrected chi connectivity index (χ2v) is 11.2. The number of aryl methyl sites for hydroxylation is 1. The first-order valence-corrected chi connectivity index (χ1v) is 13.7. The molecule has 1 unspecified atom stereocenters. The van der Waals surface area contributed by atoms with Crippen LogP contribution in [0.5, 0.6) is 0 Å². The Morgan fingerprint density at radius 2 is 1.82 bits per heavy atom. The summed E-state index contributed by atoms with van der Waals surface area (Å²) in [5.74, 6) is 5.26. The number of imide groups is 1. The predicted octanol–water partition coefficient (Wildman–Crippen LogP) is 2.54. The molecule has 0 bridgehead atoms. The Labute approximate surface area is 233 Å². The summed E-state index contributed by atoms with van der Waals surface area (Å²) in [4.78, 5) is 48.7. The fourth-order valence-corrected chi connectivity index (χ4v) is 5.05. The van der Waals surface area contributed by atoms with Crippen LogP contribution in [0.4, 0.5) is 4.79 Å². The van der Waals surface area contributed by atoms with Crippen molar-refractivity contribution < 1.29 is 28.6 Å². The van der Waals surface area contributed by atoms with Crippen LogP contribution in [0.15, 0.2) is 23.0 Å². The van der Waals surface area contributed by atoms with Gasteiger partial charge in [-0.1, -0.05) is 11.8 Å². The largest absolute Gasteiger partial charge is 0.444 e. The molecule has 0 radical (unpaired) electrons. The van der Waals surface area contributed by atoms with Gasteiger partial charge in [-0.3, -0.25) is 24.0 Å². The van der Waals surface area contributed by atoms with Crippen molar-refractivity contribution in [1.29, 1.82) is 0 Å². The number of carbonyl (C=O) groups excluding carboxylic acids is 3. The van der Waals surface area contributed by atoms with E-state index in [4.69, 9.17) is 14.2 Å². The summed E-state index contributed by atoms with van der Waals surface area (Å²) in [6.45, 7) is 6.68. The number of hydrogen-bond acceptors (Lipinski definition) is 7. The number of nitrogens with one attached hydrogen (secondary N) is 2. The van der Waals surface area contributed by atoms with Crippen LogP contribution in [0.25, 0.3) is 11.0 Å². The van der Waals surface area contributed by atoms with Gasteiger partial charge in [-0.25, -0.2) is 9.59 Å². The highest BCUT2D eigenvalue weighted by Gasteiger charge is 2.31. The zero-order valence-electron chi connectivity index (χ0n) is 23.6. The third kappa shape index (κ3) is 7.52. The molecule has 2 N–H and O–H groups in total. The van der Waals surface area contributed by atoms with Crippen LogP contribution in [0, 0.1) is 11.8 Å². The molecule has 1 aliphatic heterocycles. The van der Waals surface area contributed by atoms with E-state index >= 15 is 0 Å². The van der Waals surface area contributed by atoms with Crippen molar-refractivity contribution in [3.8, 4) is 11.8 Å². The lowest BCUT2D eigenvalue weighted by atomic mass is 9.93. The summed E-state index contributed by atoms with van der Waals surface area (Å²) in [7, 11) is 1.65. The first-order valence-electron chi connectivity index (χ1n) is 13.7. The Balaban J connectivity index is 1.20. The fourth-order valence-electron chi connectivity index (χ4n) is 5.05. The number of nitrogens with zero attached hydrogens (tertiary/aromatic N) is 2. The number of amides is 3. The number of benzene rings is 1. The van der Waals surface area contributed by atoms with Crippen molar-refractivity contribution in [2.75, 3.05) is 19.8 Å². The van der Waals surface area contributed by atoms with Crippen LogP contribution in [0.2, 0.25) is 0 Å². The third-order valence-electron chi connectivity index (χ3n) is 6.99. The topological polar surface area (TPSA) is 130 Å². The minimum Gasteiger partial charge on any atom is -0.444 e. The van der Waals surface area contributed by atoms with Crippen LogP contribution in [0.3, 0.4) is 0 Å². The maximum Gasteiger partial charge on any atom is 0.407 e. The van der Waals surface area contributed by atoms with Gasteiger partial charge in [-0.05, 0) is 71.1 Å². The van der Waals surface area contributed by atoms with Crippen molar-refractivity contribution in [1.82, 2.24) is 19.8 Å². The second kappa shape index (κ2) is 12.7. The van der Waals surface area contributed by atoms with Crippen molar-refractivity contribution in [2.24, 2.45) is 7.05 Å². The first kappa shape index (κ1) is 29.4. The van der Waals surface area contributed by atoms with Crippen LogP contribution in [0.1, 0.15) is 70.9 Å². The smallest absolute Gasteiger partial charge is 0.407 e. The summed E-state index contributed by atoms with van der Waals surface area (Å²) in [5.41, 5.74) is 1.18. The number of carbonyl (C=O) groups is 3. The van der Waals surface area contributed by atoms with Crippen LogP contribution < -0.4 is 16.3 Å². The Kier molecular flexibility index (Phi) is 9.32. The number of aromatic nitrogens is 2. The molecule has 216 valence electrons. The van der Waals surface area contributed by atoms with Gasteiger partial charge in [-0.2, -0.15) is 0 Å². The molecule has 11 heteroatoms. The van der Waals surface area contributed by atoms with E-state index < -0.39 is 17.6 Å². The SMILES string of the molecule is Cn1c(=O)n(C2CCC(=O)NC2=O)c2ccc(C#CCOCCOC3CCC(NC(=O)OC(C)(C)C)CC3)cc21. The standard InChI is InChI=1S/C29H38N4O7/c1-29(2,3)40-27(36)30-20-8-10-21(11-9-20)39-17-16-38-15-5-6-19-7-12-22-24(18-19)32(4)28(37)33(22)23-13-14-25(34)31-26(23)35/h7,12,18,20-21,23H,8-11,13-17H2,1-4H3,(H,30,36)(H,31,34,35). The number of fused-ring (bicyclic) bond motifs is 1. The Bertz CT molecular complexity index is 1370. The minimum absolute atomic E-state index is 0.110. The van der Waals surface area contributed by atoms with Crippen molar-refractivity contribution in [3.05, 3.63) is 34.2 Å². The molecule has 1 aromatic heterocycles. The highest BCUT2D eigenvalue weighted by atomic mass is 16.6. The molecule has 2 fully saturated rings. The number of hydrogen-bond donors (Lipinski definition) is 2. The third-order valence-corrected chi connectivity index (χ3v) is 6.99. The number of ether oxygens (including phenoxy) is 3. The summed E-state index contributed by atoms with van der Waals surface area (Å²) in [5, 5.41) is 5.24. The lowest BCUT2D eigenvalue weighted by Crippen LogP contribution is -2.44. The molecule has 0 spiro atoms. The van der Waals surface area contributed by atoms with Crippen molar-refractivity contribution in [2.45, 2.75) is 83.1 Å². The van der Waals surface area contributed by atoms with Gasteiger partial charge < -0.3 is 19.5 Å². The van der Waals surface area contributed by atoms with E-state index in [9.17, 15) is 19.2 Å². The van der Waals surface area contributed by atoms with Gasteiger partial charge in [0.2, 0.25) is 11.8 Å². The Morgan fingerprint density at radius 1 is 1.07 bits per heavy atom. The summed E-state index contributed by atoms with van der Waals surface area (Å²) in [6.07, 6.45) is 3.71. The van der Waals surface area contributed by atoms with Gasteiger partial charge in [0.05, 0.1) is 30.4 Å². The van der Waals surface area contributed by atoms with E-state index in [0.717, 1.165) is 31.2 Å². The lowest BCUT2D eigenvalue weighted by molar-refractivity contribution is -0.135. The zero-order chi connectivity index (χ0) is 28.9. The second-order valence-electron chi connectivity index (χ2n) is 11.2. The van der Waals surface area contributed by atoms with E-state index in [1.54, 1.807) is 19.2 Å². The summed E-state index contributed by atoms with van der Waals surface area (Å²) >= 11 is 0. The number of alkyl carbamates (subject to hydrolysis) is 1. The molecule has 1 saturated heterocycles. The van der Waals surface area contributed by atoms with E-state index in [-0.39, 0.29) is 42.9 Å². The highest BCUT2D eigenvalue weighted by Crippen LogP contribution is 2.24. The highest BCUT2D eigenvalue weighted by molar-refractivity contribution is 6.00. The number of imidazole rings is 1. The zero-order valence-corrected chi connectivity index (χ0v) is 23.6. The summed E-state index contributed by atoms with van der Waals surface area (Å²) in [6, 6.07) is 4.78. The van der Waals surface area contributed by atoms with Gasteiger partial charge in [0.25, 0.3) is 0 Å². The van der Waals surface area contributed by atoms with Gasteiger partial charge in [0.15, 0.2) is 0 Å². The maximum absolute atomic E-state index is 12.9. The molecular weight excluding hydrogens is 516 g/mol. The quantitative estimate of drug-likeness (QED) is 0.306. The van der Waals surface area contributed by atoms with Crippen LogP contribution in [-0.2, 0) is 30.8 Å². The first-order chi connectivity index (χ1) is 19.0. The minimum atomic E-state index is -0.717. The summed E-state index contributed by atoms with van der Waals surface area (Å²) < 4.78 is 19.8. The van der Waals surface area contributed by atoms with E-state index in [2.05, 4.69) is 22.5 Å². The van der Waals surface area contributed by atoms with Gasteiger partial charge >= 0.3 is 11.8 Å². The maximum atomic E-state index is 12.9.